The fourth-order valence-corrected chi connectivity index (χ4v) is 2.16. The van der Waals surface area contributed by atoms with E-state index in [0.29, 0.717) is 5.56 Å². The molecule has 0 bridgehead atoms. The van der Waals surface area contributed by atoms with Crippen LogP contribution in [-0.4, -0.2) is 16.5 Å². The number of carbonyl (C=O) groups is 1. The van der Waals surface area contributed by atoms with E-state index in [4.69, 9.17) is 0 Å². The van der Waals surface area contributed by atoms with Crippen LogP contribution in [0.2, 0.25) is 0 Å². The van der Waals surface area contributed by atoms with E-state index < -0.39 is 0 Å². The lowest BCUT2D eigenvalue weighted by Crippen LogP contribution is -1.93. The van der Waals surface area contributed by atoms with Crippen LogP contribution in [0.25, 0.3) is 11.3 Å². The Morgan fingerprint density at radius 2 is 1.81 bits per heavy atom. The molecule has 0 saturated carbocycles. The lowest BCUT2D eigenvalue weighted by Gasteiger charge is -2.10. The van der Waals surface area contributed by atoms with Crippen LogP contribution in [0.3, 0.4) is 0 Å². The number of nitrogens with one attached hydrogen (secondary N) is 1. The third-order valence-electron chi connectivity index (χ3n) is 2.72. The Morgan fingerprint density at radius 3 is 2.38 bits per heavy atom. The van der Waals surface area contributed by atoms with Crippen LogP contribution in [0, 0.1) is 20.8 Å². The Kier molecular flexibility index (Phi) is 2.60. The first-order valence-electron chi connectivity index (χ1n) is 5.20. The first-order valence-corrected chi connectivity index (χ1v) is 5.20. The zero-order valence-corrected chi connectivity index (χ0v) is 9.66. The van der Waals surface area contributed by atoms with E-state index in [1.54, 1.807) is 6.20 Å². The van der Waals surface area contributed by atoms with Crippen LogP contribution in [0.4, 0.5) is 0 Å². The molecule has 1 aromatic heterocycles. The summed E-state index contributed by atoms with van der Waals surface area (Å²) in [5.74, 6) is 0. The SMILES string of the molecule is Cc1cc(C)c(-c2[nH]ncc2C=O)c(C)c1. The molecule has 0 spiro atoms. The maximum atomic E-state index is 10.9. The molecule has 1 N–H and O–H groups in total. The van der Waals surface area contributed by atoms with E-state index >= 15 is 0 Å². The predicted molar refractivity (Wildman–Crippen MR) is 63.6 cm³/mol. The number of carbonyl (C=O) groups excluding carboxylic acids is 1. The average Bonchev–Trinajstić information content (AvgIpc) is 2.64. The van der Waals surface area contributed by atoms with E-state index in [-0.39, 0.29) is 0 Å². The van der Waals surface area contributed by atoms with Gasteiger partial charge in [-0.2, -0.15) is 5.10 Å². The van der Waals surface area contributed by atoms with Gasteiger partial charge in [0.15, 0.2) is 6.29 Å². The molecule has 0 saturated heterocycles. The maximum Gasteiger partial charge on any atom is 0.153 e. The van der Waals surface area contributed by atoms with E-state index in [0.717, 1.165) is 28.7 Å². The van der Waals surface area contributed by atoms with Crippen LogP contribution in [-0.2, 0) is 0 Å². The summed E-state index contributed by atoms with van der Waals surface area (Å²) in [6, 6.07) is 4.22. The minimum atomic E-state index is 0.607. The van der Waals surface area contributed by atoms with Crippen molar-refractivity contribution in [1.29, 1.82) is 0 Å². The van der Waals surface area contributed by atoms with Crippen molar-refractivity contribution >= 4 is 6.29 Å². The monoisotopic (exact) mass is 214 g/mol. The van der Waals surface area contributed by atoms with Gasteiger partial charge >= 0.3 is 0 Å². The standard InChI is InChI=1S/C13H14N2O/c1-8-4-9(2)12(10(3)5-8)13-11(7-16)6-14-15-13/h4-7H,1-3H3,(H,14,15). The highest BCUT2D eigenvalue weighted by atomic mass is 16.1. The van der Waals surface area contributed by atoms with Crippen LogP contribution in [0.5, 0.6) is 0 Å². The van der Waals surface area contributed by atoms with Crippen LogP contribution in [0.15, 0.2) is 18.3 Å². The summed E-state index contributed by atoms with van der Waals surface area (Å²) in [4.78, 5) is 10.9. The molecule has 0 atom stereocenters. The Bertz CT molecular complexity index is 518. The summed E-state index contributed by atoms with van der Waals surface area (Å²) in [5.41, 5.74) is 6.03. The van der Waals surface area contributed by atoms with Crippen molar-refractivity contribution in [2.24, 2.45) is 0 Å². The Labute approximate surface area is 94.5 Å². The Morgan fingerprint density at radius 1 is 1.19 bits per heavy atom. The molecule has 0 aliphatic rings. The summed E-state index contributed by atoms with van der Waals surface area (Å²) in [6.45, 7) is 6.16. The molecule has 3 heteroatoms. The van der Waals surface area contributed by atoms with E-state index in [9.17, 15) is 4.79 Å². The minimum Gasteiger partial charge on any atom is -0.298 e. The number of hydrogen-bond donors (Lipinski definition) is 1. The topological polar surface area (TPSA) is 45.8 Å². The summed E-state index contributed by atoms with van der Waals surface area (Å²) in [6.07, 6.45) is 2.39. The van der Waals surface area contributed by atoms with Gasteiger partial charge in [0.05, 0.1) is 17.5 Å². The number of aryl methyl sites for hydroxylation is 3. The number of rotatable bonds is 2. The number of aldehydes is 1. The molecule has 0 aliphatic carbocycles. The number of H-pyrrole nitrogens is 1. The van der Waals surface area contributed by atoms with Crippen molar-refractivity contribution in [3.05, 3.63) is 40.6 Å². The molecule has 0 radical (unpaired) electrons. The second-order valence-electron chi connectivity index (χ2n) is 4.09. The zero-order chi connectivity index (χ0) is 11.7. The average molecular weight is 214 g/mol. The third kappa shape index (κ3) is 1.65. The largest absolute Gasteiger partial charge is 0.298 e. The summed E-state index contributed by atoms with van der Waals surface area (Å²) in [7, 11) is 0. The second-order valence-corrected chi connectivity index (χ2v) is 4.09. The molecule has 3 nitrogen and oxygen atoms in total. The highest BCUT2D eigenvalue weighted by Gasteiger charge is 2.12. The summed E-state index contributed by atoms with van der Waals surface area (Å²) in [5, 5.41) is 6.81. The predicted octanol–water partition coefficient (Wildman–Crippen LogP) is 2.81. The van der Waals surface area contributed by atoms with Gasteiger partial charge in [-0.15, -0.1) is 0 Å². The van der Waals surface area contributed by atoms with Gasteiger partial charge in [0.2, 0.25) is 0 Å². The first-order chi connectivity index (χ1) is 7.63. The lowest BCUT2D eigenvalue weighted by molar-refractivity contribution is 0.112. The fourth-order valence-electron chi connectivity index (χ4n) is 2.16. The van der Waals surface area contributed by atoms with Crippen LogP contribution in [0.1, 0.15) is 27.0 Å². The lowest BCUT2D eigenvalue weighted by atomic mass is 9.96. The minimum absolute atomic E-state index is 0.607. The van der Waals surface area contributed by atoms with Crippen molar-refractivity contribution in [3.8, 4) is 11.3 Å². The molecule has 0 aliphatic heterocycles. The molecule has 1 aromatic carbocycles. The van der Waals surface area contributed by atoms with Crippen LogP contribution < -0.4 is 0 Å². The quantitative estimate of drug-likeness (QED) is 0.781. The van der Waals surface area contributed by atoms with Crippen molar-refractivity contribution in [3.63, 3.8) is 0 Å². The van der Waals surface area contributed by atoms with Crippen molar-refractivity contribution in [2.45, 2.75) is 20.8 Å². The van der Waals surface area contributed by atoms with Gasteiger partial charge in [-0.05, 0) is 31.9 Å². The molecule has 2 rings (SSSR count). The molecule has 16 heavy (non-hydrogen) atoms. The number of nitrogens with zero attached hydrogens (tertiary/aromatic N) is 1. The van der Waals surface area contributed by atoms with Gasteiger partial charge in [0.25, 0.3) is 0 Å². The zero-order valence-electron chi connectivity index (χ0n) is 9.66. The van der Waals surface area contributed by atoms with Crippen molar-refractivity contribution < 1.29 is 4.79 Å². The smallest absolute Gasteiger partial charge is 0.153 e. The van der Waals surface area contributed by atoms with Gasteiger partial charge < -0.3 is 0 Å². The number of aromatic nitrogens is 2. The fraction of sp³-hybridized carbons (Fsp3) is 0.231. The third-order valence-corrected chi connectivity index (χ3v) is 2.72. The van der Waals surface area contributed by atoms with Gasteiger partial charge in [0, 0.05) is 5.56 Å². The second kappa shape index (κ2) is 3.93. The maximum absolute atomic E-state index is 10.9. The molecule has 0 amide bonds. The highest BCUT2D eigenvalue weighted by Crippen LogP contribution is 2.28. The molecular weight excluding hydrogens is 200 g/mol. The molecule has 0 fully saturated rings. The number of aromatic amines is 1. The molecule has 82 valence electrons. The van der Waals surface area contributed by atoms with E-state index in [1.165, 1.54) is 5.56 Å². The molecule has 1 heterocycles. The summed E-state index contributed by atoms with van der Waals surface area (Å²) < 4.78 is 0. The molecule has 2 aromatic rings. The Hall–Kier alpha value is -1.90. The van der Waals surface area contributed by atoms with Gasteiger partial charge in [-0.25, -0.2) is 0 Å². The van der Waals surface area contributed by atoms with Crippen molar-refractivity contribution in [1.82, 2.24) is 10.2 Å². The highest BCUT2D eigenvalue weighted by molar-refractivity contribution is 5.87. The summed E-state index contributed by atoms with van der Waals surface area (Å²) >= 11 is 0. The van der Waals surface area contributed by atoms with Gasteiger partial charge in [0.1, 0.15) is 0 Å². The molecule has 0 unspecified atom stereocenters. The van der Waals surface area contributed by atoms with E-state index in [1.807, 2.05) is 13.8 Å². The number of benzene rings is 1. The first kappa shape index (κ1) is 10.6. The number of hydrogen-bond acceptors (Lipinski definition) is 2. The molecular formula is C13H14N2O. The van der Waals surface area contributed by atoms with Crippen molar-refractivity contribution in [2.75, 3.05) is 0 Å². The normalized spacial score (nSPS) is 10.4. The Balaban J connectivity index is 2.69. The van der Waals surface area contributed by atoms with Gasteiger partial charge in [-0.3, -0.25) is 9.89 Å². The van der Waals surface area contributed by atoms with Gasteiger partial charge in [-0.1, -0.05) is 17.7 Å². The van der Waals surface area contributed by atoms with Crippen LogP contribution >= 0.6 is 0 Å². The van der Waals surface area contributed by atoms with E-state index in [2.05, 4.69) is 29.3 Å².